The molecule has 0 saturated heterocycles. The Balaban J connectivity index is 3.49. The lowest BCUT2D eigenvalue weighted by Crippen LogP contribution is -2.30. The maximum Gasteiger partial charge on any atom is 0.350 e. The van der Waals surface area contributed by atoms with Crippen LogP contribution in [0.2, 0.25) is 10.0 Å². The van der Waals surface area contributed by atoms with E-state index in [2.05, 4.69) is 10.3 Å². The molecule has 0 radical (unpaired) electrons. The highest BCUT2D eigenvalue weighted by Gasteiger charge is 2.27. The Bertz CT molecular complexity index is 764. The number of anilines is 1. The largest absolute Gasteiger partial charge is 0.504 e. The van der Waals surface area contributed by atoms with Crippen LogP contribution in [0.15, 0.2) is 4.99 Å². The lowest BCUT2D eigenvalue weighted by molar-refractivity contribution is -0.138. The quantitative estimate of drug-likeness (QED) is 0.218. The van der Waals surface area contributed by atoms with E-state index in [9.17, 15) is 30.0 Å². The molecule has 0 heterocycles. The molecule has 156 valence electrons. The number of carboxylic acid groups (broad SMARTS) is 2. The molecule has 0 saturated carbocycles. The number of rotatable bonds is 9. The molecule has 1 aromatic rings. The maximum absolute atomic E-state index is 11.5. The van der Waals surface area contributed by atoms with Gasteiger partial charge in [-0.05, 0) is 24.7 Å². The molecule has 1 unspecified atom stereocenters. The Hall–Kier alpha value is -2.19. The van der Waals surface area contributed by atoms with E-state index in [-0.39, 0.29) is 36.1 Å². The lowest BCUT2D eigenvalue weighted by Gasteiger charge is -2.21. The molecule has 0 amide bonds. The monoisotopic (exact) mass is 434 g/mol. The van der Waals surface area contributed by atoms with Crippen molar-refractivity contribution < 1.29 is 30.0 Å². The van der Waals surface area contributed by atoms with Crippen LogP contribution in [0.5, 0.6) is 11.5 Å². The molecule has 0 aromatic heterocycles. The number of nitrogens with zero attached hydrogens (tertiary/aromatic N) is 1. The minimum absolute atomic E-state index is 0.0246. The summed E-state index contributed by atoms with van der Waals surface area (Å²) in [7, 11) is 0. The molecule has 28 heavy (non-hydrogen) atoms. The summed E-state index contributed by atoms with van der Waals surface area (Å²) in [6.45, 7) is 7.23. The van der Waals surface area contributed by atoms with E-state index >= 15 is 0 Å². The molecule has 1 aromatic carbocycles. The van der Waals surface area contributed by atoms with E-state index in [0.29, 0.717) is 0 Å². The van der Waals surface area contributed by atoms with Gasteiger partial charge in [-0.15, -0.1) is 0 Å². The molecule has 0 aliphatic carbocycles. The van der Waals surface area contributed by atoms with Crippen molar-refractivity contribution in [2.45, 2.75) is 46.6 Å². The first-order valence-electron chi connectivity index (χ1n) is 8.59. The summed E-state index contributed by atoms with van der Waals surface area (Å²) in [6, 6.07) is -1.09. The first-order valence-corrected chi connectivity index (χ1v) is 9.35. The Labute approximate surface area is 172 Å². The van der Waals surface area contributed by atoms with Gasteiger partial charge < -0.3 is 25.7 Å². The number of carboxylic acids is 2. The molecule has 0 aliphatic rings. The number of benzene rings is 1. The van der Waals surface area contributed by atoms with Crippen molar-refractivity contribution in [1.82, 2.24) is 0 Å². The Morgan fingerprint density at radius 2 is 1.57 bits per heavy atom. The number of aromatic hydroxyl groups is 2. The first-order chi connectivity index (χ1) is 12.9. The zero-order valence-electron chi connectivity index (χ0n) is 16.0. The highest BCUT2D eigenvalue weighted by molar-refractivity contribution is 6.41. The van der Waals surface area contributed by atoms with Crippen molar-refractivity contribution in [3.05, 3.63) is 10.0 Å². The molecular formula is C18H24Cl2N2O6. The van der Waals surface area contributed by atoms with Crippen LogP contribution in [0.25, 0.3) is 0 Å². The maximum atomic E-state index is 11.5. The van der Waals surface area contributed by atoms with Gasteiger partial charge in [0.2, 0.25) is 0 Å². The highest BCUT2D eigenvalue weighted by atomic mass is 35.5. The van der Waals surface area contributed by atoms with Crippen molar-refractivity contribution in [2.24, 2.45) is 16.8 Å². The zero-order chi connectivity index (χ0) is 21.8. The third-order valence-corrected chi connectivity index (χ3v) is 4.45. The fraction of sp³-hybridized carbons (Fsp3) is 0.500. The van der Waals surface area contributed by atoms with E-state index in [1.807, 2.05) is 13.8 Å². The van der Waals surface area contributed by atoms with Crippen molar-refractivity contribution in [2.75, 3.05) is 5.32 Å². The van der Waals surface area contributed by atoms with Gasteiger partial charge in [0.1, 0.15) is 33.2 Å². The number of halogens is 2. The number of aliphatic imine (C=N–C) groups is 1. The molecule has 1 atom stereocenters. The van der Waals surface area contributed by atoms with Crippen LogP contribution in [0, 0.1) is 11.8 Å². The Kier molecular flexibility index (Phi) is 8.38. The average molecular weight is 435 g/mol. The fourth-order valence-electron chi connectivity index (χ4n) is 2.46. The predicted octanol–water partition coefficient (Wildman–Crippen LogP) is 4.52. The van der Waals surface area contributed by atoms with Crippen LogP contribution >= 0.6 is 23.2 Å². The molecule has 0 spiro atoms. The zero-order valence-corrected chi connectivity index (χ0v) is 17.5. The van der Waals surface area contributed by atoms with Gasteiger partial charge in [0, 0.05) is 0 Å². The van der Waals surface area contributed by atoms with E-state index in [1.54, 1.807) is 13.8 Å². The van der Waals surface area contributed by atoms with Crippen molar-refractivity contribution in [3.63, 3.8) is 0 Å². The van der Waals surface area contributed by atoms with E-state index in [1.165, 1.54) is 0 Å². The van der Waals surface area contributed by atoms with Crippen LogP contribution in [-0.4, -0.2) is 44.1 Å². The topological polar surface area (TPSA) is 139 Å². The van der Waals surface area contributed by atoms with Crippen LogP contribution in [0.3, 0.4) is 0 Å². The van der Waals surface area contributed by atoms with Gasteiger partial charge in [-0.1, -0.05) is 50.9 Å². The number of nitrogens with one attached hydrogen (secondary N) is 1. The molecular weight excluding hydrogens is 411 g/mol. The van der Waals surface area contributed by atoms with Crippen LogP contribution in [0.4, 0.5) is 11.4 Å². The van der Waals surface area contributed by atoms with Crippen LogP contribution in [-0.2, 0) is 9.59 Å². The predicted molar refractivity (Wildman–Crippen MR) is 108 cm³/mol. The van der Waals surface area contributed by atoms with Crippen molar-refractivity contribution in [1.29, 1.82) is 0 Å². The Morgan fingerprint density at radius 1 is 1.00 bits per heavy atom. The van der Waals surface area contributed by atoms with E-state index < -0.39 is 45.2 Å². The smallest absolute Gasteiger partial charge is 0.350 e. The second kappa shape index (κ2) is 9.84. The number of phenolic OH excluding ortho intramolecular Hbond substituents is 2. The number of carbonyl (C=O) groups is 2. The molecule has 0 aliphatic heterocycles. The van der Waals surface area contributed by atoms with Gasteiger partial charge in [0.25, 0.3) is 0 Å². The van der Waals surface area contributed by atoms with Gasteiger partial charge >= 0.3 is 11.9 Å². The number of hydrogen-bond acceptors (Lipinski definition) is 6. The number of hydrogen-bond donors (Lipinski definition) is 5. The molecule has 8 nitrogen and oxygen atoms in total. The second-order valence-corrected chi connectivity index (χ2v) is 7.93. The SMILES string of the molecule is CC(C)CC(=Nc1c(O)c(Cl)c(NC(CC(C)C)C(=O)O)c(O)c1Cl)C(=O)O. The summed E-state index contributed by atoms with van der Waals surface area (Å²) in [5, 5.41) is 41.1. The minimum atomic E-state index is -1.30. The lowest BCUT2D eigenvalue weighted by atomic mass is 10.0. The highest BCUT2D eigenvalue weighted by Crippen LogP contribution is 2.52. The Morgan fingerprint density at radius 3 is 2.00 bits per heavy atom. The average Bonchev–Trinajstić information content (AvgIpc) is 2.57. The summed E-state index contributed by atoms with van der Waals surface area (Å²) in [6.07, 6.45) is 0.319. The summed E-state index contributed by atoms with van der Waals surface area (Å²) >= 11 is 12.2. The van der Waals surface area contributed by atoms with Gasteiger partial charge in [-0.25, -0.2) is 14.6 Å². The fourth-order valence-corrected chi connectivity index (χ4v) is 2.92. The summed E-state index contributed by atoms with van der Waals surface area (Å²) in [5.74, 6) is -3.78. The van der Waals surface area contributed by atoms with Crippen molar-refractivity contribution in [3.8, 4) is 11.5 Å². The second-order valence-electron chi connectivity index (χ2n) is 7.18. The van der Waals surface area contributed by atoms with Gasteiger partial charge in [0.05, 0.1) is 0 Å². The standard InChI is InChI=1S/C18H24Cl2N2O6/c1-7(2)5-9(17(25)26)21-13-11(19)16(24)14(12(20)15(13)23)22-10(18(27)28)6-8(3)4/h7-9,21,23-24H,5-6H2,1-4H3,(H,25,26)(H,27,28). The van der Waals surface area contributed by atoms with E-state index in [4.69, 9.17) is 23.2 Å². The van der Waals surface area contributed by atoms with Crippen LogP contribution in [0.1, 0.15) is 40.5 Å². The van der Waals surface area contributed by atoms with Crippen LogP contribution < -0.4 is 5.32 Å². The molecule has 0 fully saturated rings. The molecule has 0 bridgehead atoms. The normalized spacial score (nSPS) is 13.1. The minimum Gasteiger partial charge on any atom is -0.504 e. The van der Waals surface area contributed by atoms with Crippen molar-refractivity contribution >= 4 is 52.2 Å². The van der Waals surface area contributed by atoms with Gasteiger partial charge in [-0.2, -0.15) is 0 Å². The first kappa shape index (κ1) is 23.8. The molecule has 1 rings (SSSR count). The van der Waals surface area contributed by atoms with Gasteiger partial charge in [0.15, 0.2) is 11.5 Å². The molecule has 10 heteroatoms. The summed E-state index contributed by atoms with van der Waals surface area (Å²) in [5.41, 5.74) is -0.938. The number of aliphatic carboxylic acids is 2. The summed E-state index contributed by atoms with van der Waals surface area (Å²) < 4.78 is 0. The van der Waals surface area contributed by atoms with Gasteiger partial charge in [-0.3, -0.25) is 0 Å². The number of phenols is 2. The third-order valence-electron chi connectivity index (χ3n) is 3.72. The summed E-state index contributed by atoms with van der Waals surface area (Å²) in [4.78, 5) is 26.7. The molecule has 5 N–H and O–H groups in total. The van der Waals surface area contributed by atoms with E-state index in [0.717, 1.165) is 0 Å². The third kappa shape index (κ3) is 5.90.